The highest BCUT2D eigenvalue weighted by molar-refractivity contribution is 5.79. The van der Waals surface area contributed by atoms with Crippen LogP contribution in [0.1, 0.15) is 28.8 Å². The Hall–Kier alpha value is -6.02. The van der Waals surface area contributed by atoms with E-state index in [1.165, 1.54) is 5.56 Å². The second-order valence-corrected chi connectivity index (χ2v) is 13.2. The molecule has 1 saturated heterocycles. The molecule has 0 saturated carbocycles. The van der Waals surface area contributed by atoms with Crippen LogP contribution in [0.5, 0.6) is 11.5 Å². The number of hydrogen-bond acceptors (Lipinski definition) is 11. The van der Waals surface area contributed by atoms with E-state index in [0.717, 1.165) is 70.2 Å². The predicted molar refractivity (Wildman–Crippen MR) is 204 cm³/mol. The third-order valence-electron chi connectivity index (χ3n) is 9.75. The number of rotatable bonds is 13. The Balaban J connectivity index is 1.10. The number of nitrogens with zero attached hydrogens (tertiary/aromatic N) is 7. The van der Waals surface area contributed by atoms with Gasteiger partial charge in [-0.1, -0.05) is 42.5 Å². The highest BCUT2D eigenvalue weighted by Gasteiger charge is 2.29. The number of anilines is 4. The molecule has 13 heteroatoms. The number of benzene rings is 3. The fourth-order valence-electron chi connectivity index (χ4n) is 7.12. The first-order valence-corrected chi connectivity index (χ1v) is 17.7. The third kappa shape index (κ3) is 7.49. The van der Waals surface area contributed by atoms with Gasteiger partial charge >= 0.3 is 0 Å². The van der Waals surface area contributed by atoms with Crippen LogP contribution in [-0.2, 0) is 19.5 Å². The number of aliphatic hydroxyl groups is 1. The van der Waals surface area contributed by atoms with Gasteiger partial charge in [-0.25, -0.2) is 19.0 Å². The fraction of sp³-hybridized carbons (Fsp3) is 0.250. The van der Waals surface area contributed by atoms with E-state index in [1.54, 1.807) is 26.9 Å². The number of aromatic nitrogens is 6. The van der Waals surface area contributed by atoms with Gasteiger partial charge in [-0.3, -0.25) is 4.90 Å². The number of aliphatic hydroxyl groups excluding tert-OH is 1. The minimum Gasteiger partial charge on any atom is -0.497 e. The van der Waals surface area contributed by atoms with Crippen LogP contribution in [-0.4, -0.2) is 78.7 Å². The first-order valence-electron chi connectivity index (χ1n) is 17.7. The van der Waals surface area contributed by atoms with Crippen LogP contribution < -0.4 is 25.4 Å². The lowest BCUT2D eigenvalue weighted by molar-refractivity contribution is 0.0367. The van der Waals surface area contributed by atoms with Gasteiger partial charge in [-0.05, 0) is 59.5 Å². The summed E-state index contributed by atoms with van der Waals surface area (Å²) in [4.78, 5) is 11.7. The molecule has 0 spiro atoms. The number of likely N-dealkylation sites (tertiary alicyclic amines) is 1. The summed E-state index contributed by atoms with van der Waals surface area (Å²) in [5.41, 5.74) is 7.72. The van der Waals surface area contributed by atoms with E-state index < -0.39 is 6.10 Å². The molecule has 4 aromatic heterocycles. The maximum Gasteiger partial charge on any atom is 0.158 e. The molecule has 5 heterocycles. The van der Waals surface area contributed by atoms with Gasteiger partial charge in [-0.2, -0.15) is 10.2 Å². The topological polar surface area (TPSA) is 138 Å². The summed E-state index contributed by atoms with van der Waals surface area (Å²) in [6.45, 7) is 2.73. The minimum absolute atomic E-state index is 0.0199. The lowest BCUT2D eigenvalue weighted by atomic mass is 10.0. The molecule has 0 bridgehead atoms. The maximum absolute atomic E-state index is 11.3. The molecule has 0 radical (unpaired) electrons. The number of β-amino-alcohol motifs (C(OH)–C–C–N with tert-alkyl or cyclic N) is 1. The van der Waals surface area contributed by atoms with Gasteiger partial charge in [0.05, 0.1) is 20.3 Å². The van der Waals surface area contributed by atoms with Crippen LogP contribution in [0.25, 0.3) is 11.0 Å². The molecule has 53 heavy (non-hydrogen) atoms. The van der Waals surface area contributed by atoms with Crippen molar-refractivity contribution in [2.45, 2.75) is 38.1 Å². The van der Waals surface area contributed by atoms with Crippen LogP contribution in [0.15, 0.2) is 110 Å². The molecule has 1 aliphatic rings. The minimum atomic E-state index is -0.505. The van der Waals surface area contributed by atoms with Gasteiger partial charge in [0.25, 0.3) is 0 Å². The second kappa shape index (κ2) is 15.3. The molecule has 270 valence electrons. The zero-order chi connectivity index (χ0) is 36.1. The number of ether oxygens (including phenoxy) is 2. The summed E-state index contributed by atoms with van der Waals surface area (Å²) >= 11 is 0. The van der Waals surface area contributed by atoms with Crippen molar-refractivity contribution in [2.24, 2.45) is 0 Å². The van der Waals surface area contributed by atoms with Gasteiger partial charge in [0.1, 0.15) is 35.2 Å². The Morgan fingerprint density at radius 2 is 1.47 bits per heavy atom. The normalized spacial score (nSPS) is 16.2. The van der Waals surface area contributed by atoms with Crippen molar-refractivity contribution >= 4 is 34.0 Å². The molecule has 7 aromatic rings. The Bertz CT molecular complexity index is 2330. The molecular weight excluding hydrogens is 669 g/mol. The Morgan fingerprint density at radius 1 is 0.774 bits per heavy atom. The van der Waals surface area contributed by atoms with E-state index in [0.29, 0.717) is 31.1 Å². The zero-order valence-corrected chi connectivity index (χ0v) is 29.7. The smallest absolute Gasteiger partial charge is 0.158 e. The van der Waals surface area contributed by atoms with Gasteiger partial charge < -0.3 is 30.5 Å². The first kappa shape index (κ1) is 34.1. The van der Waals surface area contributed by atoms with Crippen LogP contribution in [0.4, 0.5) is 23.0 Å². The predicted octanol–water partition coefficient (Wildman–Crippen LogP) is 5.59. The van der Waals surface area contributed by atoms with Gasteiger partial charge in [0, 0.05) is 74.0 Å². The van der Waals surface area contributed by atoms with Crippen LogP contribution in [0, 0.1) is 0 Å². The highest BCUT2D eigenvalue weighted by Crippen LogP contribution is 2.31. The van der Waals surface area contributed by atoms with Crippen molar-refractivity contribution in [1.29, 1.82) is 0 Å². The molecule has 4 N–H and O–H groups in total. The molecule has 0 amide bonds. The summed E-state index contributed by atoms with van der Waals surface area (Å²) in [7, 11) is 3.31. The average molecular weight is 711 g/mol. The number of nitrogens with one attached hydrogen (secondary N) is 3. The summed E-state index contributed by atoms with van der Waals surface area (Å²) < 4.78 is 14.7. The lowest BCUT2D eigenvalue weighted by Crippen LogP contribution is -2.52. The second-order valence-electron chi connectivity index (χ2n) is 13.2. The molecule has 1 fully saturated rings. The van der Waals surface area contributed by atoms with Crippen LogP contribution in [0.2, 0.25) is 0 Å². The quantitative estimate of drug-likeness (QED) is 0.119. The van der Waals surface area contributed by atoms with Crippen molar-refractivity contribution in [3.63, 3.8) is 0 Å². The Labute approximate surface area is 307 Å². The van der Waals surface area contributed by atoms with Gasteiger partial charge in [0.2, 0.25) is 0 Å². The number of piperidine rings is 1. The highest BCUT2D eigenvalue weighted by atomic mass is 16.5. The zero-order valence-electron chi connectivity index (χ0n) is 29.7. The van der Waals surface area contributed by atoms with Crippen molar-refractivity contribution in [3.8, 4) is 11.5 Å². The lowest BCUT2D eigenvalue weighted by Gasteiger charge is -2.36. The van der Waals surface area contributed by atoms with Gasteiger partial charge in [0.15, 0.2) is 11.6 Å². The van der Waals surface area contributed by atoms with E-state index in [4.69, 9.17) is 19.6 Å². The summed E-state index contributed by atoms with van der Waals surface area (Å²) in [5.74, 6) is 2.86. The summed E-state index contributed by atoms with van der Waals surface area (Å²) in [5, 5.41) is 31.1. The Kier molecular flexibility index (Phi) is 9.84. The molecule has 0 aliphatic carbocycles. The number of fused-ring (bicyclic) bond motifs is 2. The summed E-state index contributed by atoms with van der Waals surface area (Å²) in [6, 6.07) is 30.1. The van der Waals surface area contributed by atoms with Crippen molar-refractivity contribution < 1.29 is 14.6 Å². The SMILES string of the molecule is COc1cccc(Nc2ncnn3ccc(Cc4cc(CN5CC[C@@H](NCc6ccccc6)[C@H](O)C5)c5c(Nc6cccc(OC)c6)ncnn45)c23)c1. The monoisotopic (exact) mass is 710 g/mol. The third-order valence-corrected chi connectivity index (χ3v) is 9.75. The van der Waals surface area contributed by atoms with E-state index in [-0.39, 0.29) is 6.04 Å². The molecule has 13 nitrogen and oxygen atoms in total. The van der Waals surface area contributed by atoms with Crippen molar-refractivity contribution in [1.82, 2.24) is 39.4 Å². The fourth-order valence-corrected chi connectivity index (χ4v) is 7.12. The maximum atomic E-state index is 11.3. The van der Waals surface area contributed by atoms with Crippen molar-refractivity contribution in [3.05, 3.63) is 132 Å². The molecule has 3 aromatic carbocycles. The van der Waals surface area contributed by atoms with E-state index >= 15 is 0 Å². The van der Waals surface area contributed by atoms with Crippen molar-refractivity contribution in [2.75, 3.05) is 37.9 Å². The molecular formula is C40H42N10O3. The van der Waals surface area contributed by atoms with Gasteiger partial charge in [-0.15, -0.1) is 0 Å². The largest absolute Gasteiger partial charge is 0.497 e. The molecule has 2 atom stereocenters. The molecule has 1 aliphatic heterocycles. The number of hydrogen-bond donors (Lipinski definition) is 4. The molecule has 8 rings (SSSR count). The first-order chi connectivity index (χ1) is 26.0. The average Bonchev–Trinajstić information content (AvgIpc) is 3.77. The standard InChI is InChI=1S/C40H42N10O3/c1-52-33-12-6-10-30(20-33)46-39-37-28(14-17-49(37)44-25-42-39)18-32-19-29(23-48-16-15-35(36(51)24-48)41-22-27-8-4-3-5-9-27)38-40(43-26-45-50(32)38)47-31-11-7-13-34(21-31)53-2/h3-14,17,19-21,25-26,35-36,41,51H,15-16,18,22-24H2,1-2H3,(H,42,44,46)(H,43,45,47)/t35-,36-/m1/s1. The van der Waals surface area contributed by atoms with Crippen LogP contribution in [0.3, 0.4) is 0 Å². The van der Waals surface area contributed by atoms with Crippen LogP contribution >= 0.6 is 0 Å². The van der Waals surface area contributed by atoms with E-state index in [1.807, 2.05) is 82.0 Å². The summed E-state index contributed by atoms with van der Waals surface area (Å²) in [6.07, 6.45) is 5.95. The number of methoxy groups -OCH3 is 2. The van der Waals surface area contributed by atoms with E-state index in [2.05, 4.69) is 55.2 Å². The Morgan fingerprint density at radius 3 is 2.17 bits per heavy atom. The van der Waals surface area contributed by atoms with E-state index in [9.17, 15) is 5.11 Å². The molecule has 0 unspecified atom stereocenters.